The van der Waals surface area contributed by atoms with Crippen LogP contribution >= 0.6 is 11.5 Å². The number of nitrogens with two attached hydrogens (primary N) is 1. The lowest BCUT2D eigenvalue weighted by atomic mass is 10.4. The Morgan fingerprint density at radius 3 is 2.69 bits per heavy atom. The zero-order valence-electron chi connectivity index (χ0n) is 8.23. The van der Waals surface area contributed by atoms with Crippen molar-refractivity contribution in [3.05, 3.63) is 5.38 Å². The molecule has 0 aliphatic rings. The van der Waals surface area contributed by atoms with Gasteiger partial charge in [0.05, 0.1) is 0 Å². The van der Waals surface area contributed by atoms with Gasteiger partial charge in [0.25, 0.3) is 15.2 Å². The van der Waals surface area contributed by atoms with Gasteiger partial charge in [-0.05, 0) is 18.5 Å². The molecule has 8 nitrogen and oxygen atoms in total. The van der Waals surface area contributed by atoms with Crippen LogP contribution in [0.5, 0.6) is 0 Å². The molecule has 0 radical (unpaired) electrons. The smallest absolute Gasteiger partial charge is 0.273 e. The van der Waals surface area contributed by atoms with Gasteiger partial charge in [-0.2, -0.15) is 0 Å². The summed E-state index contributed by atoms with van der Waals surface area (Å²) in [6.45, 7) is 2.15. The second-order valence-corrected chi connectivity index (χ2v) is 4.95. The van der Waals surface area contributed by atoms with E-state index in [1.165, 1.54) is 4.57 Å². The molecule has 0 saturated heterocycles. The second kappa shape index (κ2) is 3.88. The van der Waals surface area contributed by atoms with Gasteiger partial charge in [0.1, 0.15) is 5.69 Å². The molecule has 0 amide bonds. The first-order valence-corrected chi connectivity index (χ1v) is 6.65. The Balaban J connectivity index is 2.63. The molecule has 0 aromatic carbocycles. The molecule has 2 rings (SSSR count). The van der Waals surface area contributed by atoms with Crippen molar-refractivity contribution in [2.45, 2.75) is 18.6 Å². The van der Waals surface area contributed by atoms with Crippen LogP contribution in [-0.2, 0) is 16.6 Å². The highest BCUT2D eigenvalue weighted by Gasteiger charge is 2.21. The first-order chi connectivity index (χ1) is 7.54. The van der Waals surface area contributed by atoms with Gasteiger partial charge in [0.15, 0.2) is 5.82 Å². The molecule has 2 aromatic rings. The molecule has 0 aliphatic heterocycles. The number of hydrogen-bond donors (Lipinski definition) is 1. The standard InChI is InChI=1S/C6H8N6O2S2/c1-2-12-5(4-3-15-11-8-4)9-10-6(12)16(7,13)14/h3H,2H2,1H3,(H2,7,13,14). The molecule has 0 spiro atoms. The number of nitrogens with zero attached hydrogens (tertiary/aromatic N) is 5. The number of hydrogen-bond acceptors (Lipinski definition) is 7. The summed E-state index contributed by atoms with van der Waals surface area (Å²) < 4.78 is 27.5. The van der Waals surface area contributed by atoms with Gasteiger partial charge >= 0.3 is 0 Å². The van der Waals surface area contributed by atoms with Gasteiger partial charge in [-0.3, -0.25) is 4.57 Å². The van der Waals surface area contributed by atoms with E-state index >= 15 is 0 Å². The molecule has 0 aliphatic carbocycles. The maximum Gasteiger partial charge on any atom is 0.273 e. The third-order valence-electron chi connectivity index (χ3n) is 1.88. The maximum atomic E-state index is 11.2. The van der Waals surface area contributed by atoms with Crippen LogP contribution in [0.15, 0.2) is 10.5 Å². The van der Waals surface area contributed by atoms with Crippen LogP contribution in [-0.4, -0.2) is 32.8 Å². The first-order valence-electron chi connectivity index (χ1n) is 4.27. The predicted molar refractivity (Wildman–Crippen MR) is 56.0 cm³/mol. The molecule has 2 heterocycles. The average molecular weight is 260 g/mol. The minimum Gasteiger partial charge on any atom is -0.296 e. The summed E-state index contributed by atoms with van der Waals surface area (Å²) in [5.74, 6) is 0.347. The zero-order valence-corrected chi connectivity index (χ0v) is 9.86. The average Bonchev–Trinajstić information content (AvgIpc) is 2.84. The third-order valence-corrected chi connectivity index (χ3v) is 3.19. The van der Waals surface area contributed by atoms with Gasteiger partial charge < -0.3 is 0 Å². The minimum atomic E-state index is -3.87. The fourth-order valence-corrected chi connectivity index (χ4v) is 2.35. The fraction of sp³-hybridized carbons (Fsp3) is 0.333. The van der Waals surface area contributed by atoms with Gasteiger partial charge in [-0.1, -0.05) is 4.49 Å². The second-order valence-electron chi connectivity index (χ2n) is 2.89. The Bertz CT molecular complexity index is 587. The summed E-state index contributed by atoms with van der Waals surface area (Å²) in [5.41, 5.74) is 0.481. The van der Waals surface area contributed by atoms with Crippen LogP contribution in [0.25, 0.3) is 11.5 Å². The van der Waals surface area contributed by atoms with Crippen molar-refractivity contribution in [3.8, 4) is 11.5 Å². The van der Waals surface area contributed by atoms with Gasteiger partial charge in [0, 0.05) is 11.9 Å². The van der Waals surface area contributed by atoms with Crippen molar-refractivity contribution in [3.63, 3.8) is 0 Å². The Morgan fingerprint density at radius 2 is 2.19 bits per heavy atom. The van der Waals surface area contributed by atoms with E-state index in [1.807, 2.05) is 0 Å². The lowest BCUT2D eigenvalue weighted by molar-refractivity contribution is 0.570. The van der Waals surface area contributed by atoms with Crippen LogP contribution in [0, 0.1) is 0 Å². The monoisotopic (exact) mass is 260 g/mol. The molecule has 10 heteroatoms. The lowest BCUT2D eigenvalue weighted by Crippen LogP contribution is -2.18. The van der Waals surface area contributed by atoms with E-state index in [2.05, 4.69) is 19.8 Å². The summed E-state index contributed by atoms with van der Waals surface area (Å²) in [5, 5.41) is 17.5. The summed E-state index contributed by atoms with van der Waals surface area (Å²) in [4.78, 5) is 0. The normalized spacial score (nSPS) is 11.9. The van der Waals surface area contributed by atoms with E-state index in [0.29, 0.717) is 18.1 Å². The quantitative estimate of drug-likeness (QED) is 0.792. The van der Waals surface area contributed by atoms with Gasteiger partial charge in [0.2, 0.25) is 0 Å². The Hall–Kier alpha value is -1.39. The van der Waals surface area contributed by atoms with E-state index in [0.717, 1.165) is 11.5 Å². The van der Waals surface area contributed by atoms with E-state index in [9.17, 15) is 8.42 Å². The molecular formula is C6H8N6O2S2. The molecule has 2 N–H and O–H groups in total. The van der Waals surface area contributed by atoms with Crippen molar-refractivity contribution >= 4 is 21.6 Å². The van der Waals surface area contributed by atoms with Crippen molar-refractivity contribution in [2.75, 3.05) is 0 Å². The number of sulfonamides is 1. The predicted octanol–water partition coefficient (Wildman–Crippen LogP) is -0.536. The Morgan fingerprint density at radius 1 is 1.44 bits per heavy atom. The van der Waals surface area contributed by atoms with E-state index in [-0.39, 0.29) is 5.16 Å². The lowest BCUT2D eigenvalue weighted by Gasteiger charge is -2.02. The molecule has 0 fully saturated rings. The largest absolute Gasteiger partial charge is 0.296 e. The van der Waals surface area contributed by atoms with E-state index in [4.69, 9.17) is 5.14 Å². The van der Waals surface area contributed by atoms with E-state index < -0.39 is 10.0 Å². The summed E-state index contributed by atoms with van der Waals surface area (Å²) >= 11 is 1.15. The van der Waals surface area contributed by atoms with Gasteiger partial charge in [-0.25, -0.2) is 13.6 Å². The third kappa shape index (κ3) is 1.81. The maximum absolute atomic E-state index is 11.2. The van der Waals surface area contributed by atoms with Crippen LogP contribution in [0.1, 0.15) is 6.92 Å². The molecule has 86 valence electrons. The number of rotatable bonds is 3. The van der Waals surface area contributed by atoms with Crippen molar-refractivity contribution in [1.82, 2.24) is 24.4 Å². The summed E-state index contributed by atoms with van der Waals surface area (Å²) in [6.07, 6.45) is 0. The van der Waals surface area contributed by atoms with Gasteiger partial charge in [-0.15, -0.1) is 15.3 Å². The highest BCUT2D eigenvalue weighted by Crippen LogP contribution is 2.18. The van der Waals surface area contributed by atoms with Crippen molar-refractivity contribution in [1.29, 1.82) is 0 Å². The topological polar surface area (TPSA) is 117 Å². The molecule has 2 aromatic heterocycles. The number of aromatic nitrogens is 5. The molecule has 0 unspecified atom stereocenters. The SMILES string of the molecule is CCn1c(-c2csnn2)nnc1S(N)(=O)=O. The van der Waals surface area contributed by atoms with Crippen molar-refractivity contribution in [2.24, 2.45) is 5.14 Å². The van der Waals surface area contributed by atoms with Crippen LogP contribution in [0.4, 0.5) is 0 Å². The molecule has 0 atom stereocenters. The van der Waals surface area contributed by atoms with Crippen molar-refractivity contribution < 1.29 is 8.42 Å². The van der Waals surface area contributed by atoms with Crippen LogP contribution in [0.3, 0.4) is 0 Å². The molecular weight excluding hydrogens is 252 g/mol. The molecule has 0 saturated carbocycles. The Labute approximate surface area is 95.3 Å². The minimum absolute atomic E-state index is 0.266. The zero-order chi connectivity index (χ0) is 11.8. The number of primary sulfonamides is 1. The van der Waals surface area contributed by atoms with E-state index in [1.54, 1.807) is 12.3 Å². The highest BCUT2D eigenvalue weighted by molar-refractivity contribution is 7.89. The van der Waals surface area contributed by atoms with Crippen LogP contribution in [0.2, 0.25) is 0 Å². The first kappa shape index (κ1) is 11.1. The summed E-state index contributed by atoms with van der Waals surface area (Å²) in [6, 6.07) is 0. The summed E-state index contributed by atoms with van der Waals surface area (Å²) in [7, 11) is -3.87. The fourth-order valence-electron chi connectivity index (χ4n) is 1.24. The Kier molecular flexibility index (Phi) is 2.69. The van der Waals surface area contributed by atoms with Crippen LogP contribution < -0.4 is 5.14 Å². The highest BCUT2D eigenvalue weighted by atomic mass is 32.2. The molecule has 16 heavy (non-hydrogen) atoms. The molecule has 0 bridgehead atoms.